The molecule has 0 atom stereocenters. The smallest absolute Gasteiger partial charge is 0.335 e. The molecule has 0 aliphatic carbocycles. The monoisotopic (exact) mass is 491 g/mol. The first kappa shape index (κ1) is 24.7. The summed E-state index contributed by atoms with van der Waals surface area (Å²) in [5, 5.41) is 2.73. The molecule has 35 heavy (non-hydrogen) atoms. The molecule has 4 rings (SSSR count). The lowest BCUT2D eigenvalue weighted by Gasteiger charge is -2.43. The van der Waals surface area contributed by atoms with Gasteiger partial charge in [-0.3, -0.25) is 14.9 Å². The van der Waals surface area contributed by atoms with Gasteiger partial charge in [-0.25, -0.2) is 9.69 Å². The highest BCUT2D eigenvalue weighted by atomic mass is 35.5. The average molecular weight is 492 g/mol. The third-order valence-electron chi connectivity index (χ3n) is 6.76. The van der Waals surface area contributed by atoms with E-state index in [-0.39, 0.29) is 11.1 Å². The van der Waals surface area contributed by atoms with Gasteiger partial charge in [0.15, 0.2) is 0 Å². The molecule has 0 aromatic heterocycles. The molecule has 0 bridgehead atoms. The van der Waals surface area contributed by atoms with Crippen LogP contribution in [0.15, 0.2) is 42.0 Å². The second kappa shape index (κ2) is 9.00. The van der Waals surface area contributed by atoms with E-state index in [0.717, 1.165) is 45.8 Å². The minimum absolute atomic E-state index is 0.143. The maximum absolute atomic E-state index is 13.4. The van der Waals surface area contributed by atoms with E-state index in [1.165, 1.54) is 6.08 Å². The van der Waals surface area contributed by atoms with Crippen molar-refractivity contribution in [1.82, 2.24) is 5.32 Å². The minimum Gasteiger partial charge on any atom is -0.362 e. The summed E-state index contributed by atoms with van der Waals surface area (Å²) in [6.45, 7) is 13.1. The van der Waals surface area contributed by atoms with Crippen molar-refractivity contribution in [1.29, 1.82) is 0 Å². The van der Waals surface area contributed by atoms with E-state index < -0.39 is 17.8 Å². The fraction of sp³-hybridized carbons (Fsp3) is 0.321. The number of fused-ring (bicyclic) bond motifs is 1. The Balaban J connectivity index is 1.81. The summed E-state index contributed by atoms with van der Waals surface area (Å²) in [7, 11) is 0. The number of anilines is 2. The number of imide groups is 2. The molecule has 1 N–H and O–H groups in total. The summed E-state index contributed by atoms with van der Waals surface area (Å²) in [4.78, 5) is 42.1. The molecule has 6 nitrogen and oxygen atoms in total. The van der Waals surface area contributed by atoms with Gasteiger partial charge in [-0.05, 0) is 87.6 Å². The van der Waals surface area contributed by atoms with Crippen LogP contribution in [-0.4, -0.2) is 29.9 Å². The van der Waals surface area contributed by atoms with Gasteiger partial charge in [-0.2, -0.15) is 0 Å². The number of halogens is 1. The van der Waals surface area contributed by atoms with Gasteiger partial charge >= 0.3 is 6.03 Å². The summed E-state index contributed by atoms with van der Waals surface area (Å²) >= 11 is 6.70. The van der Waals surface area contributed by atoms with E-state index in [9.17, 15) is 14.4 Å². The third kappa shape index (κ3) is 4.27. The van der Waals surface area contributed by atoms with E-state index in [2.05, 4.69) is 37.1 Å². The average Bonchev–Trinajstić information content (AvgIpc) is 2.77. The maximum Gasteiger partial charge on any atom is 0.335 e. The van der Waals surface area contributed by atoms with Gasteiger partial charge in [0.1, 0.15) is 5.57 Å². The molecule has 2 aliphatic rings. The second-order valence-corrected chi connectivity index (χ2v) is 10.1. The Morgan fingerprint density at radius 3 is 2.46 bits per heavy atom. The summed E-state index contributed by atoms with van der Waals surface area (Å²) in [6, 6.07) is 8.41. The van der Waals surface area contributed by atoms with Gasteiger partial charge in [-0.15, -0.1) is 0 Å². The first-order chi connectivity index (χ1) is 16.5. The lowest BCUT2D eigenvalue weighted by atomic mass is 9.87. The zero-order chi connectivity index (χ0) is 25.7. The Hall–Kier alpha value is -3.38. The number of rotatable bonds is 4. The van der Waals surface area contributed by atoms with Crippen molar-refractivity contribution in [2.45, 2.75) is 53.5 Å². The van der Waals surface area contributed by atoms with Crippen molar-refractivity contribution in [2.75, 3.05) is 16.3 Å². The van der Waals surface area contributed by atoms with E-state index in [0.29, 0.717) is 16.3 Å². The number of allylic oxidation sites excluding steroid dienone is 1. The molecule has 4 amide bonds. The van der Waals surface area contributed by atoms with Crippen LogP contribution in [0.5, 0.6) is 0 Å². The van der Waals surface area contributed by atoms with Crippen molar-refractivity contribution >= 4 is 52.5 Å². The highest BCUT2D eigenvalue weighted by Gasteiger charge is 2.38. The van der Waals surface area contributed by atoms with Crippen molar-refractivity contribution in [3.8, 4) is 0 Å². The molecular weight excluding hydrogens is 462 g/mol. The molecule has 0 unspecified atom stereocenters. The molecule has 0 spiro atoms. The normalized spacial score (nSPS) is 18.5. The number of aryl methyl sites for hydroxylation is 1. The number of hydrogen-bond acceptors (Lipinski definition) is 4. The molecule has 2 heterocycles. The van der Waals surface area contributed by atoms with Crippen LogP contribution in [0, 0.1) is 13.8 Å². The number of hydrogen-bond donors (Lipinski definition) is 1. The standard InChI is InChI=1S/C28H30ClN3O3/c1-7-11-31-24-14-22(29)19(12-20(24)17(3)15-28(31,5)6)13-21-25(33)30-27(35)32(26(21)34)23-10-8-9-16(2)18(23)4/h8-10,12-15H,7,11H2,1-6H3,(H,30,33,35)/b21-13-. The predicted octanol–water partition coefficient (Wildman–Crippen LogP) is 6.04. The zero-order valence-electron chi connectivity index (χ0n) is 21.0. The Bertz CT molecular complexity index is 1320. The van der Waals surface area contributed by atoms with Crippen LogP contribution >= 0.6 is 11.6 Å². The van der Waals surface area contributed by atoms with Gasteiger partial charge in [0.05, 0.1) is 11.2 Å². The van der Waals surface area contributed by atoms with Crippen molar-refractivity contribution in [3.05, 3.63) is 69.3 Å². The summed E-state index contributed by atoms with van der Waals surface area (Å²) in [5.74, 6) is -1.42. The number of nitrogens with zero attached hydrogens (tertiary/aromatic N) is 2. The fourth-order valence-corrected chi connectivity index (χ4v) is 5.08. The third-order valence-corrected chi connectivity index (χ3v) is 7.09. The van der Waals surface area contributed by atoms with Crippen LogP contribution in [-0.2, 0) is 9.59 Å². The van der Waals surface area contributed by atoms with E-state index in [4.69, 9.17) is 11.6 Å². The molecule has 2 aromatic carbocycles. The molecule has 0 radical (unpaired) electrons. The Labute approximate surface area is 211 Å². The number of urea groups is 1. The number of carbonyl (C=O) groups excluding carboxylic acids is 3. The van der Waals surface area contributed by atoms with Crippen LogP contribution in [0.25, 0.3) is 11.6 Å². The second-order valence-electron chi connectivity index (χ2n) is 9.70. The van der Waals surface area contributed by atoms with Crippen LogP contribution in [0.4, 0.5) is 16.2 Å². The van der Waals surface area contributed by atoms with E-state index in [1.54, 1.807) is 12.1 Å². The number of barbiturate groups is 1. The van der Waals surface area contributed by atoms with Crippen molar-refractivity contribution in [2.24, 2.45) is 0 Å². The lowest BCUT2D eigenvalue weighted by Crippen LogP contribution is -2.54. The summed E-state index contributed by atoms with van der Waals surface area (Å²) in [6.07, 6.45) is 4.67. The molecule has 2 aliphatic heterocycles. The Kier molecular flexibility index (Phi) is 6.36. The summed E-state index contributed by atoms with van der Waals surface area (Å²) < 4.78 is 0. The van der Waals surface area contributed by atoms with Gasteiger partial charge in [0.25, 0.3) is 11.8 Å². The van der Waals surface area contributed by atoms with Crippen LogP contribution in [0.1, 0.15) is 56.4 Å². The first-order valence-electron chi connectivity index (χ1n) is 11.7. The molecule has 182 valence electrons. The SMILES string of the molecule is CCCN1c2cc(Cl)c(/C=C3/C(=O)NC(=O)N(c4cccc(C)c4C)C3=O)cc2C(C)=CC1(C)C. The highest BCUT2D eigenvalue weighted by molar-refractivity contribution is 6.40. The Morgan fingerprint density at radius 2 is 1.77 bits per heavy atom. The fourth-order valence-electron chi connectivity index (χ4n) is 4.87. The van der Waals surface area contributed by atoms with Crippen LogP contribution in [0.2, 0.25) is 5.02 Å². The van der Waals surface area contributed by atoms with E-state index >= 15 is 0 Å². The van der Waals surface area contributed by atoms with Gasteiger partial charge in [0, 0.05) is 22.8 Å². The number of nitrogens with one attached hydrogen (secondary N) is 1. The number of amides is 4. The number of benzene rings is 2. The zero-order valence-corrected chi connectivity index (χ0v) is 21.7. The lowest BCUT2D eigenvalue weighted by molar-refractivity contribution is -0.122. The topological polar surface area (TPSA) is 69.7 Å². The number of carbonyl (C=O) groups is 3. The molecule has 0 saturated carbocycles. The first-order valence-corrected chi connectivity index (χ1v) is 12.1. The Morgan fingerprint density at radius 1 is 1.06 bits per heavy atom. The van der Waals surface area contributed by atoms with Crippen LogP contribution in [0.3, 0.4) is 0 Å². The maximum atomic E-state index is 13.4. The molecule has 1 fully saturated rings. The quantitative estimate of drug-likeness (QED) is 0.418. The molecule has 7 heteroatoms. The minimum atomic E-state index is -0.765. The van der Waals surface area contributed by atoms with Gasteiger partial charge < -0.3 is 4.90 Å². The van der Waals surface area contributed by atoms with Crippen molar-refractivity contribution < 1.29 is 14.4 Å². The van der Waals surface area contributed by atoms with E-state index in [1.807, 2.05) is 39.0 Å². The molecule has 2 aromatic rings. The highest BCUT2D eigenvalue weighted by Crippen LogP contribution is 2.42. The van der Waals surface area contributed by atoms with Gasteiger partial charge in [-0.1, -0.05) is 36.7 Å². The largest absolute Gasteiger partial charge is 0.362 e. The molecule has 1 saturated heterocycles. The van der Waals surface area contributed by atoms with Gasteiger partial charge in [0.2, 0.25) is 0 Å². The summed E-state index contributed by atoms with van der Waals surface area (Å²) in [5.41, 5.74) is 5.52. The van der Waals surface area contributed by atoms with Crippen LogP contribution < -0.4 is 15.1 Å². The van der Waals surface area contributed by atoms with Crippen molar-refractivity contribution in [3.63, 3.8) is 0 Å². The predicted molar refractivity (Wildman–Crippen MR) is 142 cm³/mol. The molecular formula is C28H30ClN3O3.